The number of hydrogen-bond donors (Lipinski definition) is 2. The lowest BCUT2D eigenvalue weighted by molar-refractivity contribution is -0.318. The Morgan fingerprint density at radius 3 is 2.38 bits per heavy atom. The first-order valence-electron chi connectivity index (χ1n) is 7.80. The predicted octanol–water partition coefficient (Wildman–Crippen LogP) is 3.53. The topological polar surface area (TPSA) is 58.6 Å². The minimum Gasteiger partial charge on any atom is -0.448 e. The number of aliphatic hydroxyl groups is 1. The molecule has 0 aromatic heterocycles. The number of carbonyl (C=O) groups excluding carboxylic acids is 1. The number of benzene rings is 2. The SMILES string of the molecule is CC(=O)NC1=C(c2ccccc2)c2cc(C)ccc2OC1(O)C(F)(F)F. The largest absolute Gasteiger partial charge is 0.462 e. The quantitative estimate of drug-likeness (QED) is 0.858. The maximum absolute atomic E-state index is 13.7. The van der Waals surface area contributed by atoms with Crippen molar-refractivity contribution in [2.24, 2.45) is 0 Å². The van der Waals surface area contributed by atoms with Gasteiger partial charge >= 0.3 is 12.0 Å². The van der Waals surface area contributed by atoms with Gasteiger partial charge in [-0.3, -0.25) is 4.79 Å². The molecule has 1 aliphatic rings. The molecule has 2 N–H and O–H groups in total. The molecule has 2 aromatic carbocycles. The fourth-order valence-corrected chi connectivity index (χ4v) is 2.87. The Bertz CT molecular complexity index is 891. The second-order valence-corrected chi connectivity index (χ2v) is 6.04. The molecule has 2 aromatic rings. The van der Waals surface area contributed by atoms with Crippen LogP contribution < -0.4 is 10.1 Å². The number of rotatable bonds is 2. The molecule has 1 amide bonds. The molecule has 0 aliphatic carbocycles. The summed E-state index contributed by atoms with van der Waals surface area (Å²) < 4.78 is 46.1. The molecule has 7 heteroatoms. The number of fused-ring (bicyclic) bond motifs is 1. The van der Waals surface area contributed by atoms with E-state index in [0.717, 1.165) is 12.5 Å². The molecule has 1 atom stereocenters. The molecule has 0 spiro atoms. The molecule has 26 heavy (non-hydrogen) atoms. The van der Waals surface area contributed by atoms with E-state index < -0.39 is 23.6 Å². The first-order valence-corrected chi connectivity index (χ1v) is 7.80. The summed E-state index contributed by atoms with van der Waals surface area (Å²) in [6.45, 7) is 2.85. The third-order valence-corrected chi connectivity index (χ3v) is 4.00. The van der Waals surface area contributed by atoms with Crippen LogP contribution >= 0.6 is 0 Å². The summed E-state index contributed by atoms with van der Waals surface area (Å²) in [6, 6.07) is 12.8. The average molecular weight is 363 g/mol. The van der Waals surface area contributed by atoms with Crippen molar-refractivity contribution < 1.29 is 27.8 Å². The lowest BCUT2D eigenvalue weighted by atomic mass is 9.88. The normalized spacial score (nSPS) is 19.6. The van der Waals surface area contributed by atoms with Crippen LogP contribution in [0, 0.1) is 6.92 Å². The van der Waals surface area contributed by atoms with Gasteiger partial charge in [-0.15, -0.1) is 0 Å². The van der Waals surface area contributed by atoms with Gasteiger partial charge in [-0.2, -0.15) is 13.2 Å². The van der Waals surface area contributed by atoms with E-state index >= 15 is 0 Å². The third kappa shape index (κ3) is 2.94. The number of alkyl halides is 3. The zero-order valence-corrected chi connectivity index (χ0v) is 14.0. The van der Waals surface area contributed by atoms with Crippen LogP contribution in [0.15, 0.2) is 54.2 Å². The van der Waals surface area contributed by atoms with Crippen LogP contribution in [0.2, 0.25) is 0 Å². The summed E-state index contributed by atoms with van der Waals surface area (Å²) >= 11 is 0. The molecule has 4 nitrogen and oxygen atoms in total. The van der Waals surface area contributed by atoms with E-state index in [4.69, 9.17) is 4.74 Å². The van der Waals surface area contributed by atoms with Gasteiger partial charge in [-0.05, 0) is 24.6 Å². The number of halogens is 3. The Balaban J connectivity index is 2.41. The van der Waals surface area contributed by atoms with E-state index in [9.17, 15) is 23.1 Å². The fraction of sp³-hybridized carbons (Fsp3) is 0.211. The average Bonchev–Trinajstić information content (AvgIpc) is 2.55. The molecular weight excluding hydrogens is 347 g/mol. The second-order valence-electron chi connectivity index (χ2n) is 6.04. The number of nitrogens with one attached hydrogen (secondary N) is 1. The Labute approximate surface area is 147 Å². The van der Waals surface area contributed by atoms with E-state index in [0.29, 0.717) is 11.1 Å². The first-order chi connectivity index (χ1) is 12.1. The lowest BCUT2D eigenvalue weighted by Crippen LogP contribution is -2.57. The third-order valence-electron chi connectivity index (χ3n) is 4.00. The summed E-state index contributed by atoms with van der Waals surface area (Å²) in [7, 11) is 0. The number of amides is 1. The minimum absolute atomic E-state index is 0.0607. The fourth-order valence-electron chi connectivity index (χ4n) is 2.87. The highest BCUT2D eigenvalue weighted by atomic mass is 19.4. The van der Waals surface area contributed by atoms with Gasteiger partial charge in [0, 0.05) is 18.1 Å². The highest BCUT2D eigenvalue weighted by Gasteiger charge is 2.62. The molecule has 1 unspecified atom stereocenters. The number of ether oxygens (including phenoxy) is 1. The van der Waals surface area contributed by atoms with Crippen molar-refractivity contribution in [1.29, 1.82) is 0 Å². The molecule has 0 fully saturated rings. The van der Waals surface area contributed by atoms with Crippen molar-refractivity contribution in [2.75, 3.05) is 0 Å². The van der Waals surface area contributed by atoms with Crippen LogP contribution in [0.1, 0.15) is 23.6 Å². The van der Waals surface area contributed by atoms with Crippen LogP contribution in [0.3, 0.4) is 0 Å². The highest BCUT2D eigenvalue weighted by molar-refractivity contribution is 5.90. The highest BCUT2D eigenvalue weighted by Crippen LogP contribution is 2.48. The van der Waals surface area contributed by atoms with Crippen LogP contribution in [-0.2, 0) is 4.79 Å². The summed E-state index contributed by atoms with van der Waals surface area (Å²) in [5.74, 6) is -4.55. The van der Waals surface area contributed by atoms with Crippen molar-refractivity contribution in [3.63, 3.8) is 0 Å². The van der Waals surface area contributed by atoms with E-state index in [1.807, 2.05) is 0 Å². The van der Waals surface area contributed by atoms with E-state index in [-0.39, 0.29) is 11.3 Å². The zero-order valence-electron chi connectivity index (χ0n) is 14.0. The summed E-state index contributed by atoms with van der Waals surface area (Å²) in [5.41, 5.74) is 0.871. The predicted molar refractivity (Wildman–Crippen MR) is 89.1 cm³/mol. The molecule has 0 radical (unpaired) electrons. The van der Waals surface area contributed by atoms with Crippen LogP contribution in [0.25, 0.3) is 5.57 Å². The molecular formula is C19H16F3NO3. The van der Waals surface area contributed by atoms with E-state index in [2.05, 4.69) is 5.32 Å². The number of hydrogen-bond acceptors (Lipinski definition) is 3. The Hall–Kier alpha value is -2.80. The summed E-state index contributed by atoms with van der Waals surface area (Å²) in [5, 5.41) is 12.6. The van der Waals surface area contributed by atoms with Crippen LogP contribution in [-0.4, -0.2) is 23.0 Å². The Morgan fingerprint density at radius 1 is 1.15 bits per heavy atom. The van der Waals surface area contributed by atoms with Crippen molar-refractivity contribution in [3.05, 3.63) is 70.9 Å². The van der Waals surface area contributed by atoms with Crippen LogP contribution in [0.4, 0.5) is 13.2 Å². The molecule has 136 valence electrons. The number of aryl methyl sites for hydroxylation is 1. The van der Waals surface area contributed by atoms with Crippen molar-refractivity contribution in [1.82, 2.24) is 5.32 Å². The smallest absolute Gasteiger partial charge is 0.448 e. The van der Waals surface area contributed by atoms with Gasteiger partial charge in [0.2, 0.25) is 5.91 Å². The Kier molecular flexibility index (Phi) is 4.28. The van der Waals surface area contributed by atoms with Gasteiger partial charge in [0.05, 0.1) is 0 Å². The van der Waals surface area contributed by atoms with Crippen molar-refractivity contribution in [2.45, 2.75) is 25.8 Å². The summed E-state index contributed by atoms with van der Waals surface area (Å²) in [4.78, 5) is 11.6. The van der Waals surface area contributed by atoms with E-state index in [1.54, 1.807) is 49.4 Å². The van der Waals surface area contributed by atoms with Gasteiger partial charge < -0.3 is 15.2 Å². The maximum Gasteiger partial charge on any atom is 0.462 e. The number of carbonyl (C=O) groups is 1. The summed E-state index contributed by atoms with van der Waals surface area (Å²) in [6.07, 6.45) is -5.17. The van der Waals surface area contributed by atoms with Crippen molar-refractivity contribution in [3.8, 4) is 5.75 Å². The molecule has 3 rings (SSSR count). The minimum atomic E-state index is -5.17. The monoisotopic (exact) mass is 363 g/mol. The maximum atomic E-state index is 13.7. The molecule has 0 bridgehead atoms. The van der Waals surface area contributed by atoms with Crippen LogP contribution in [0.5, 0.6) is 5.75 Å². The van der Waals surface area contributed by atoms with Gasteiger partial charge in [0.15, 0.2) is 0 Å². The van der Waals surface area contributed by atoms with Gasteiger partial charge in [0.1, 0.15) is 11.4 Å². The first kappa shape index (κ1) is 18.0. The molecule has 0 saturated carbocycles. The molecule has 1 aliphatic heterocycles. The second kappa shape index (κ2) is 6.17. The molecule has 1 heterocycles. The van der Waals surface area contributed by atoms with Crippen molar-refractivity contribution >= 4 is 11.5 Å². The molecule has 0 saturated heterocycles. The van der Waals surface area contributed by atoms with E-state index in [1.165, 1.54) is 6.07 Å². The van der Waals surface area contributed by atoms with Gasteiger partial charge in [0.25, 0.3) is 0 Å². The standard InChI is InChI=1S/C19H16F3NO3/c1-11-8-9-15-14(10-11)16(13-6-4-3-5-7-13)17(23-12(2)24)18(25,26-15)19(20,21)22/h3-10,25H,1-2H3,(H,23,24). The van der Waals surface area contributed by atoms with Gasteiger partial charge in [-0.25, -0.2) is 0 Å². The lowest BCUT2D eigenvalue weighted by Gasteiger charge is -2.38. The zero-order chi connectivity index (χ0) is 19.1. The Morgan fingerprint density at radius 2 is 1.81 bits per heavy atom. The van der Waals surface area contributed by atoms with Gasteiger partial charge in [-0.1, -0.05) is 42.0 Å².